The van der Waals surface area contributed by atoms with Gasteiger partial charge in [-0.25, -0.2) is 8.78 Å². The van der Waals surface area contributed by atoms with E-state index in [1.165, 1.54) is 0 Å². The van der Waals surface area contributed by atoms with E-state index in [1.54, 1.807) is 12.1 Å². The maximum Gasteiger partial charge on any atom is 0.255 e. The van der Waals surface area contributed by atoms with E-state index in [-0.39, 0.29) is 13.2 Å². The quantitative estimate of drug-likeness (QED) is 0.863. The number of alkyl halides is 2. The first-order valence-electron chi connectivity index (χ1n) is 6.24. The molecule has 1 aromatic rings. The number of hydrogen-bond acceptors (Lipinski definition) is 2. The molecular weight excluding hydrogens is 252 g/mol. The Balaban J connectivity index is 2.83. The summed E-state index contributed by atoms with van der Waals surface area (Å²) in [5, 5.41) is 8.82. The maximum atomic E-state index is 12.4. The van der Waals surface area contributed by atoms with Crippen molar-refractivity contribution in [2.45, 2.75) is 26.2 Å². The molecule has 1 amide bonds. The van der Waals surface area contributed by atoms with Crippen LogP contribution in [0.4, 0.5) is 8.78 Å². The maximum absolute atomic E-state index is 12.4. The second kappa shape index (κ2) is 7.19. The number of halogens is 2. The van der Waals surface area contributed by atoms with E-state index < -0.39 is 18.9 Å². The Labute approximate surface area is 111 Å². The van der Waals surface area contributed by atoms with Gasteiger partial charge in [0.25, 0.3) is 12.3 Å². The molecule has 0 aliphatic carbocycles. The summed E-state index contributed by atoms with van der Waals surface area (Å²) in [4.78, 5) is 13.0. The molecule has 106 valence electrons. The fourth-order valence-corrected chi connectivity index (χ4v) is 1.76. The average Bonchev–Trinajstić information content (AvgIpc) is 2.37. The molecule has 0 aliphatic heterocycles. The van der Waals surface area contributed by atoms with Crippen LogP contribution in [0.25, 0.3) is 0 Å². The smallest absolute Gasteiger partial charge is 0.255 e. The lowest BCUT2D eigenvalue weighted by molar-refractivity contribution is 0.0509. The fraction of sp³-hybridized carbons (Fsp3) is 0.500. The van der Waals surface area contributed by atoms with Crippen molar-refractivity contribution < 1.29 is 18.7 Å². The second-order valence-corrected chi connectivity index (χ2v) is 4.64. The standard InChI is InChI=1S/C14H19F2NO2/c1-10(2)11-3-5-12(6-4-11)14(19)17(7-8-18)9-13(15)16/h3-6,10,13,18H,7-9H2,1-2H3. The molecular formula is C14H19F2NO2. The summed E-state index contributed by atoms with van der Waals surface area (Å²) < 4.78 is 24.8. The number of amides is 1. The predicted octanol–water partition coefficient (Wildman–Crippen LogP) is 2.51. The van der Waals surface area contributed by atoms with E-state index in [2.05, 4.69) is 0 Å². The molecule has 0 unspecified atom stereocenters. The Morgan fingerprint density at radius 3 is 2.26 bits per heavy atom. The summed E-state index contributed by atoms with van der Waals surface area (Å²) in [5.74, 6) is -0.136. The molecule has 0 aromatic heterocycles. The summed E-state index contributed by atoms with van der Waals surface area (Å²) in [6.45, 7) is 2.99. The predicted molar refractivity (Wildman–Crippen MR) is 69.5 cm³/mol. The number of carbonyl (C=O) groups excluding carboxylic acids is 1. The SMILES string of the molecule is CC(C)c1ccc(C(=O)N(CCO)CC(F)F)cc1. The highest BCUT2D eigenvalue weighted by molar-refractivity contribution is 5.94. The van der Waals surface area contributed by atoms with Gasteiger partial charge in [-0.1, -0.05) is 26.0 Å². The van der Waals surface area contributed by atoms with Gasteiger partial charge in [0.15, 0.2) is 0 Å². The van der Waals surface area contributed by atoms with Crippen molar-refractivity contribution in [1.29, 1.82) is 0 Å². The Morgan fingerprint density at radius 1 is 1.26 bits per heavy atom. The van der Waals surface area contributed by atoms with E-state index in [0.29, 0.717) is 11.5 Å². The van der Waals surface area contributed by atoms with Gasteiger partial charge in [-0.15, -0.1) is 0 Å². The zero-order valence-corrected chi connectivity index (χ0v) is 11.1. The molecule has 0 atom stereocenters. The number of aliphatic hydroxyl groups is 1. The molecule has 0 aliphatic rings. The van der Waals surface area contributed by atoms with Crippen LogP contribution in [0.2, 0.25) is 0 Å². The van der Waals surface area contributed by atoms with Gasteiger partial charge in [0.1, 0.15) is 0 Å². The van der Waals surface area contributed by atoms with Crippen LogP contribution in [0.15, 0.2) is 24.3 Å². The van der Waals surface area contributed by atoms with Gasteiger partial charge >= 0.3 is 0 Å². The Morgan fingerprint density at radius 2 is 1.84 bits per heavy atom. The Hall–Kier alpha value is -1.49. The van der Waals surface area contributed by atoms with E-state index in [1.807, 2.05) is 26.0 Å². The van der Waals surface area contributed by atoms with Gasteiger partial charge in [-0.3, -0.25) is 4.79 Å². The molecule has 0 saturated heterocycles. The first-order valence-corrected chi connectivity index (χ1v) is 6.24. The molecule has 5 heteroatoms. The van der Waals surface area contributed by atoms with Crippen LogP contribution in [0, 0.1) is 0 Å². The fourth-order valence-electron chi connectivity index (χ4n) is 1.76. The summed E-state index contributed by atoms with van der Waals surface area (Å²) in [6, 6.07) is 6.90. The lowest BCUT2D eigenvalue weighted by Gasteiger charge is -2.21. The third kappa shape index (κ3) is 4.59. The number of benzene rings is 1. The highest BCUT2D eigenvalue weighted by Gasteiger charge is 2.19. The molecule has 0 heterocycles. The van der Waals surface area contributed by atoms with E-state index in [9.17, 15) is 13.6 Å². The lowest BCUT2D eigenvalue weighted by atomic mass is 10.0. The van der Waals surface area contributed by atoms with Crippen molar-refractivity contribution in [3.05, 3.63) is 35.4 Å². The monoisotopic (exact) mass is 271 g/mol. The average molecular weight is 271 g/mol. The largest absolute Gasteiger partial charge is 0.395 e. The van der Waals surface area contributed by atoms with Crippen molar-refractivity contribution in [3.8, 4) is 0 Å². The minimum atomic E-state index is -2.61. The van der Waals surface area contributed by atoms with Crippen molar-refractivity contribution in [1.82, 2.24) is 4.90 Å². The molecule has 0 bridgehead atoms. The Bertz CT molecular complexity index is 404. The Kier molecular flexibility index (Phi) is 5.89. The molecule has 19 heavy (non-hydrogen) atoms. The van der Waals surface area contributed by atoms with E-state index in [4.69, 9.17) is 5.11 Å². The van der Waals surface area contributed by atoms with Crippen LogP contribution in [-0.4, -0.2) is 42.0 Å². The van der Waals surface area contributed by atoms with Gasteiger partial charge in [-0.05, 0) is 23.6 Å². The number of hydrogen-bond donors (Lipinski definition) is 1. The number of carbonyl (C=O) groups is 1. The van der Waals surface area contributed by atoms with Crippen LogP contribution in [0.5, 0.6) is 0 Å². The van der Waals surface area contributed by atoms with Gasteiger partial charge < -0.3 is 10.0 Å². The van der Waals surface area contributed by atoms with Crippen molar-refractivity contribution >= 4 is 5.91 Å². The minimum absolute atomic E-state index is 0.0882. The second-order valence-electron chi connectivity index (χ2n) is 4.64. The van der Waals surface area contributed by atoms with Crippen molar-refractivity contribution in [2.75, 3.05) is 19.7 Å². The molecule has 0 fully saturated rings. The minimum Gasteiger partial charge on any atom is -0.395 e. The van der Waals surface area contributed by atoms with Crippen molar-refractivity contribution in [3.63, 3.8) is 0 Å². The highest BCUT2D eigenvalue weighted by Crippen LogP contribution is 2.16. The first kappa shape index (κ1) is 15.6. The number of aliphatic hydroxyl groups excluding tert-OH is 1. The molecule has 0 saturated carbocycles. The van der Waals surface area contributed by atoms with Crippen LogP contribution in [0.1, 0.15) is 35.7 Å². The van der Waals surface area contributed by atoms with Crippen LogP contribution < -0.4 is 0 Å². The molecule has 0 radical (unpaired) electrons. The van der Waals surface area contributed by atoms with Crippen LogP contribution >= 0.6 is 0 Å². The summed E-state index contributed by atoms with van der Waals surface area (Å²) in [7, 11) is 0. The zero-order valence-electron chi connectivity index (χ0n) is 11.1. The topological polar surface area (TPSA) is 40.5 Å². The van der Waals surface area contributed by atoms with Crippen molar-refractivity contribution in [2.24, 2.45) is 0 Å². The third-order valence-corrected chi connectivity index (χ3v) is 2.84. The molecule has 1 rings (SSSR count). The molecule has 0 spiro atoms. The van der Waals surface area contributed by atoms with Gasteiger partial charge in [-0.2, -0.15) is 0 Å². The third-order valence-electron chi connectivity index (χ3n) is 2.84. The van der Waals surface area contributed by atoms with Gasteiger partial charge in [0.05, 0.1) is 13.2 Å². The lowest BCUT2D eigenvalue weighted by Crippen LogP contribution is -2.37. The zero-order chi connectivity index (χ0) is 14.4. The van der Waals surface area contributed by atoms with E-state index in [0.717, 1.165) is 10.5 Å². The number of nitrogens with zero attached hydrogens (tertiary/aromatic N) is 1. The van der Waals surface area contributed by atoms with Crippen LogP contribution in [-0.2, 0) is 0 Å². The first-order chi connectivity index (χ1) is 8.95. The van der Waals surface area contributed by atoms with E-state index >= 15 is 0 Å². The van der Waals surface area contributed by atoms with Gasteiger partial charge in [0.2, 0.25) is 0 Å². The number of rotatable bonds is 6. The molecule has 1 N–H and O–H groups in total. The summed E-state index contributed by atoms with van der Waals surface area (Å²) >= 11 is 0. The summed E-state index contributed by atoms with van der Waals surface area (Å²) in [5.41, 5.74) is 1.44. The normalized spacial score (nSPS) is 11.1. The van der Waals surface area contributed by atoms with Crippen LogP contribution in [0.3, 0.4) is 0 Å². The summed E-state index contributed by atoms with van der Waals surface area (Å²) in [6.07, 6.45) is -2.61. The highest BCUT2D eigenvalue weighted by atomic mass is 19.3. The molecule has 1 aromatic carbocycles. The van der Waals surface area contributed by atoms with Gasteiger partial charge in [0, 0.05) is 12.1 Å². The molecule has 3 nitrogen and oxygen atoms in total.